The lowest BCUT2D eigenvalue weighted by Gasteiger charge is -2.20. The average molecular weight is 394 g/mol. The summed E-state index contributed by atoms with van der Waals surface area (Å²) in [4.78, 5) is 35.2. The van der Waals surface area contributed by atoms with E-state index < -0.39 is 10.9 Å². The molecule has 1 aromatic carbocycles. The molecule has 0 aliphatic carbocycles. The van der Waals surface area contributed by atoms with Crippen molar-refractivity contribution in [2.75, 3.05) is 31.7 Å². The summed E-state index contributed by atoms with van der Waals surface area (Å²) < 4.78 is 5.43. The molecule has 8 nitrogen and oxygen atoms in total. The van der Waals surface area contributed by atoms with Gasteiger partial charge in [-0.15, -0.1) is 0 Å². The zero-order valence-corrected chi connectivity index (χ0v) is 16.7. The van der Waals surface area contributed by atoms with Crippen molar-refractivity contribution in [3.8, 4) is 0 Å². The van der Waals surface area contributed by atoms with E-state index in [2.05, 4.69) is 6.92 Å². The standard InChI is InChI=1S/C20H30N2O6/c1-3-4-5-6-7-8-13-28-15-19(23)21(2)18-14-16(11-12-22(26)27)9-10-17(18)20(24)25/h9-10,14H,3-8,11-13,15H2,1-2H3,(H,24,25). The van der Waals surface area contributed by atoms with E-state index >= 15 is 0 Å². The highest BCUT2D eigenvalue weighted by atomic mass is 16.6. The Morgan fingerprint density at radius 1 is 1.18 bits per heavy atom. The summed E-state index contributed by atoms with van der Waals surface area (Å²) in [5, 5.41) is 19.9. The molecular formula is C20H30N2O6. The Balaban J connectivity index is 2.60. The highest BCUT2D eigenvalue weighted by Crippen LogP contribution is 2.22. The first-order valence-electron chi connectivity index (χ1n) is 9.69. The summed E-state index contributed by atoms with van der Waals surface area (Å²) in [6, 6.07) is 4.41. The van der Waals surface area contributed by atoms with Crippen LogP contribution in [0.25, 0.3) is 0 Å². The van der Waals surface area contributed by atoms with Crippen LogP contribution >= 0.6 is 0 Å². The van der Waals surface area contributed by atoms with Crippen molar-refractivity contribution in [2.45, 2.75) is 51.9 Å². The number of hydrogen-bond acceptors (Lipinski definition) is 5. The molecule has 0 saturated heterocycles. The van der Waals surface area contributed by atoms with Crippen molar-refractivity contribution in [2.24, 2.45) is 0 Å². The van der Waals surface area contributed by atoms with Crippen molar-refractivity contribution in [1.29, 1.82) is 0 Å². The number of ether oxygens (including phenoxy) is 1. The van der Waals surface area contributed by atoms with Gasteiger partial charge in [-0.05, 0) is 24.1 Å². The maximum Gasteiger partial charge on any atom is 0.337 e. The Kier molecular flexibility index (Phi) is 10.8. The van der Waals surface area contributed by atoms with Crippen LogP contribution in [0.2, 0.25) is 0 Å². The molecule has 156 valence electrons. The second-order valence-electron chi connectivity index (χ2n) is 6.74. The van der Waals surface area contributed by atoms with Crippen LogP contribution in [0.5, 0.6) is 0 Å². The molecule has 0 aliphatic rings. The molecule has 0 unspecified atom stereocenters. The number of rotatable bonds is 14. The van der Waals surface area contributed by atoms with Gasteiger partial charge < -0.3 is 14.7 Å². The van der Waals surface area contributed by atoms with E-state index in [0.717, 1.165) is 19.3 Å². The number of carboxylic acids is 1. The summed E-state index contributed by atoms with van der Waals surface area (Å²) in [7, 11) is 1.48. The van der Waals surface area contributed by atoms with Crippen molar-refractivity contribution in [3.05, 3.63) is 39.4 Å². The number of carboxylic acid groups (broad SMARTS) is 1. The molecule has 8 heteroatoms. The van der Waals surface area contributed by atoms with E-state index in [1.807, 2.05) is 0 Å². The predicted octanol–water partition coefficient (Wildman–Crippen LogP) is 3.54. The number of nitro groups is 1. The third-order valence-corrected chi connectivity index (χ3v) is 4.48. The van der Waals surface area contributed by atoms with Gasteiger partial charge in [-0.2, -0.15) is 0 Å². The minimum atomic E-state index is -1.16. The van der Waals surface area contributed by atoms with Gasteiger partial charge >= 0.3 is 5.97 Å². The Labute approximate surface area is 165 Å². The van der Waals surface area contributed by atoms with E-state index in [1.54, 1.807) is 0 Å². The van der Waals surface area contributed by atoms with Crippen molar-refractivity contribution in [1.82, 2.24) is 0 Å². The smallest absolute Gasteiger partial charge is 0.337 e. The number of anilines is 1. The van der Waals surface area contributed by atoms with E-state index in [0.29, 0.717) is 12.2 Å². The Hall–Kier alpha value is -2.48. The van der Waals surface area contributed by atoms with E-state index in [1.165, 1.54) is 49.4 Å². The third kappa shape index (κ3) is 8.47. The van der Waals surface area contributed by atoms with Crippen molar-refractivity contribution in [3.63, 3.8) is 0 Å². The molecule has 1 aromatic rings. The van der Waals surface area contributed by atoms with E-state index in [-0.39, 0.29) is 36.7 Å². The Bertz CT molecular complexity index is 662. The summed E-state index contributed by atoms with van der Waals surface area (Å²) in [6.07, 6.45) is 6.91. The number of likely N-dealkylation sites (N-methyl/N-ethyl adjacent to an activating group) is 1. The fourth-order valence-electron chi connectivity index (χ4n) is 2.79. The zero-order chi connectivity index (χ0) is 20.9. The van der Waals surface area contributed by atoms with Gasteiger partial charge in [0.1, 0.15) is 6.61 Å². The minimum Gasteiger partial charge on any atom is -0.478 e. The second-order valence-corrected chi connectivity index (χ2v) is 6.74. The first-order chi connectivity index (χ1) is 13.4. The quantitative estimate of drug-likeness (QED) is 0.293. The van der Waals surface area contributed by atoms with E-state index in [4.69, 9.17) is 4.74 Å². The summed E-state index contributed by atoms with van der Waals surface area (Å²) in [5.41, 5.74) is 0.780. The van der Waals surface area contributed by atoms with Gasteiger partial charge in [-0.3, -0.25) is 14.9 Å². The van der Waals surface area contributed by atoms with Gasteiger partial charge in [0.15, 0.2) is 0 Å². The van der Waals surface area contributed by atoms with Crippen LogP contribution in [0.15, 0.2) is 18.2 Å². The number of nitrogens with zero attached hydrogens (tertiary/aromatic N) is 2. The van der Waals surface area contributed by atoms with Gasteiger partial charge in [0.05, 0.1) is 11.3 Å². The van der Waals surface area contributed by atoms with Crippen LogP contribution in [0.3, 0.4) is 0 Å². The number of benzene rings is 1. The van der Waals surface area contributed by atoms with Gasteiger partial charge in [0, 0.05) is 25.0 Å². The summed E-state index contributed by atoms with van der Waals surface area (Å²) in [5.74, 6) is -1.52. The van der Waals surface area contributed by atoms with Gasteiger partial charge in [-0.1, -0.05) is 45.1 Å². The molecule has 0 bridgehead atoms. The molecule has 0 spiro atoms. The molecule has 0 aromatic heterocycles. The minimum absolute atomic E-state index is 0.0309. The van der Waals surface area contributed by atoms with Crippen molar-refractivity contribution < 1.29 is 24.4 Å². The molecular weight excluding hydrogens is 364 g/mol. The first-order valence-corrected chi connectivity index (χ1v) is 9.69. The highest BCUT2D eigenvalue weighted by molar-refractivity contribution is 6.02. The SMILES string of the molecule is CCCCCCCCOCC(=O)N(C)c1cc(CC[N+](=O)[O-])ccc1C(=O)O. The largest absolute Gasteiger partial charge is 0.478 e. The normalized spacial score (nSPS) is 10.6. The fourth-order valence-corrected chi connectivity index (χ4v) is 2.79. The molecule has 28 heavy (non-hydrogen) atoms. The number of hydrogen-bond donors (Lipinski definition) is 1. The monoisotopic (exact) mass is 394 g/mol. The molecule has 0 aliphatic heterocycles. The van der Waals surface area contributed by atoms with Crippen LogP contribution in [0, 0.1) is 10.1 Å². The number of carbonyl (C=O) groups excluding carboxylic acids is 1. The van der Waals surface area contributed by atoms with Crippen molar-refractivity contribution >= 4 is 17.6 Å². The van der Waals surface area contributed by atoms with Gasteiger partial charge in [-0.25, -0.2) is 4.79 Å². The molecule has 1 N–H and O–H groups in total. The molecule has 1 amide bonds. The third-order valence-electron chi connectivity index (χ3n) is 4.48. The number of amides is 1. The summed E-state index contributed by atoms with van der Waals surface area (Å²) in [6.45, 7) is 2.26. The summed E-state index contributed by atoms with van der Waals surface area (Å²) >= 11 is 0. The molecule has 0 fully saturated rings. The Morgan fingerprint density at radius 3 is 2.50 bits per heavy atom. The lowest BCUT2D eigenvalue weighted by atomic mass is 10.1. The van der Waals surface area contributed by atoms with Crippen LogP contribution in [0.1, 0.15) is 61.4 Å². The van der Waals surface area contributed by atoms with Crippen LogP contribution < -0.4 is 4.90 Å². The first kappa shape index (κ1) is 23.6. The molecule has 0 atom stereocenters. The number of unbranched alkanes of at least 4 members (excludes halogenated alkanes) is 5. The second kappa shape index (κ2) is 12.8. The lowest BCUT2D eigenvalue weighted by Crippen LogP contribution is -2.31. The molecule has 0 radical (unpaired) electrons. The maximum atomic E-state index is 12.4. The molecule has 0 saturated carbocycles. The van der Waals surface area contributed by atoms with Crippen LogP contribution in [-0.4, -0.2) is 48.7 Å². The maximum absolute atomic E-state index is 12.4. The average Bonchev–Trinajstić information content (AvgIpc) is 2.67. The van der Waals surface area contributed by atoms with Crippen LogP contribution in [-0.2, 0) is 16.0 Å². The zero-order valence-electron chi connectivity index (χ0n) is 16.7. The van der Waals surface area contributed by atoms with Gasteiger partial charge in [0.25, 0.3) is 5.91 Å². The number of aromatic carboxylic acids is 1. The van der Waals surface area contributed by atoms with E-state index in [9.17, 15) is 24.8 Å². The fraction of sp³-hybridized carbons (Fsp3) is 0.600. The molecule has 0 heterocycles. The topological polar surface area (TPSA) is 110 Å². The van der Waals surface area contributed by atoms with Crippen LogP contribution in [0.4, 0.5) is 5.69 Å². The predicted molar refractivity (Wildman–Crippen MR) is 107 cm³/mol. The highest BCUT2D eigenvalue weighted by Gasteiger charge is 2.19. The number of carbonyl (C=O) groups is 2. The molecule has 1 rings (SSSR count). The van der Waals surface area contributed by atoms with Gasteiger partial charge in [0.2, 0.25) is 6.54 Å². The lowest BCUT2D eigenvalue weighted by molar-refractivity contribution is -0.479. The Morgan fingerprint density at radius 2 is 1.86 bits per heavy atom.